The molecule has 7 heteroatoms. The highest BCUT2D eigenvalue weighted by atomic mass is 16.5. The lowest BCUT2D eigenvalue weighted by molar-refractivity contribution is -0.146. The molecule has 144 valence electrons. The molecule has 1 amide bonds. The predicted octanol–water partition coefficient (Wildman–Crippen LogP) is 2.91. The molecule has 0 aliphatic heterocycles. The molecule has 0 spiro atoms. The highest BCUT2D eigenvalue weighted by molar-refractivity contribution is 5.93. The lowest BCUT2D eigenvalue weighted by Gasteiger charge is -2.13. The molecule has 0 saturated carbocycles. The van der Waals surface area contributed by atoms with Crippen molar-refractivity contribution in [3.63, 3.8) is 0 Å². The van der Waals surface area contributed by atoms with Crippen molar-refractivity contribution in [2.75, 3.05) is 25.1 Å². The van der Waals surface area contributed by atoms with Crippen LogP contribution in [0.15, 0.2) is 42.5 Å². The van der Waals surface area contributed by atoms with Crippen LogP contribution in [0.1, 0.15) is 19.4 Å². The summed E-state index contributed by atoms with van der Waals surface area (Å²) in [5.41, 5.74) is 1.20. The third-order valence-electron chi connectivity index (χ3n) is 3.48. The standard InChI is InChI=1S/C20H23NO6/c1-3-25-17-10-7-15(12-18(17)26-4-2)21-19(23)13-27-20(24)11-14-5-8-16(22)9-6-14/h5-10,12,22H,3-4,11,13H2,1-2H3,(H,21,23). The van der Waals surface area contributed by atoms with Crippen LogP contribution in [0.25, 0.3) is 0 Å². The number of esters is 1. The maximum atomic E-state index is 12.0. The largest absolute Gasteiger partial charge is 0.508 e. The number of amides is 1. The van der Waals surface area contributed by atoms with Gasteiger partial charge < -0.3 is 24.6 Å². The highest BCUT2D eigenvalue weighted by Gasteiger charge is 2.11. The number of anilines is 1. The Kier molecular flexibility index (Phi) is 7.49. The van der Waals surface area contributed by atoms with E-state index in [1.807, 2.05) is 13.8 Å². The van der Waals surface area contributed by atoms with Crippen LogP contribution in [0.2, 0.25) is 0 Å². The molecule has 2 rings (SSSR count). The summed E-state index contributed by atoms with van der Waals surface area (Å²) in [4.78, 5) is 23.8. The number of phenolic OH excluding ortho intramolecular Hbond substituents is 1. The molecule has 0 aromatic heterocycles. The first kappa shape index (κ1) is 20.1. The van der Waals surface area contributed by atoms with Crippen molar-refractivity contribution >= 4 is 17.6 Å². The monoisotopic (exact) mass is 373 g/mol. The average Bonchev–Trinajstić information content (AvgIpc) is 2.64. The Bertz CT molecular complexity index is 773. The molecule has 0 saturated heterocycles. The smallest absolute Gasteiger partial charge is 0.310 e. The van der Waals surface area contributed by atoms with E-state index in [2.05, 4.69) is 5.32 Å². The molecule has 0 radical (unpaired) electrons. The van der Waals surface area contributed by atoms with E-state index in [0.29, 0.717) is 36.0 Å². The van der Waals surface area contributed by atoms with E-state index in [-0.39, 0.29) is 12.2 Å². The van der Waals surface area contributed by atoms with Crippen LogP contribution in [0.3, 0.4) is 0 Å². The van der Waals surface area contributed by atoms with Crippen LogP contribution in [-0.2, 0) is 20.7 Å². The van der Waals surface area contributed by atoms with Gasteiger partial charge >= 0.3 is 5.97 Å². The quantitative estimate of drug-likeness (QED) is 0.657. The van der Waals surface area contributed by atoms with Crippen LogP contribution >= 0.6 is 0 Å². The van der Waals surface area contributed by atoms with Crippen molar-refractivity contribution in [3.8, 4) is 17.2 Å². The van der Waals surface area contributed by atoms with Gasteiger partial charge in [0, 0.05) is 11.8 Å². The fourth-order valence-electron chi connectivity index (χ4n) is 2.30. The van der Waals surface area contributed by atoms with Crippen molar-refractivity contribution in [3.05, 3.63) is 48.0 Å². The number of rotatable bonds is 9. The Morgan fingerprint density at radius 3 is 2.30 bits per heavy atom. The number of ether oxygens (including phenoxy) is 3. The van der Waals surface area contributed by atoms with E-state index in [9.17, 15) is 14.7 Å². The summed E-state index contributed by atoms with van der Waals surface area (Å²) in [7, 11) is 0. The Hall–Kier alpha value is -3.22. The van der Waals surface area contributed by atoms with E-state index in [1.165, 1.54) is 12.1 Å². The van der Waals surface area contributed by atoms with Gasteiger partial charge in [-0.3, -0.25) is 9.59 Å². The Balaban J connectivity index is 1.86. The zero-order valence-corrected chi connectivity index (χ0v) is 15.4. The fraction of sp³-hybridized carbons (Fsp3) is 0.300. The summed E-state index contributed by atoms with van der Waals surface area (Å²) in [5, 5.41) is 11.9. The van der Waals surface area contributed by atoms with E-state index in [4.69, 9.17) is 14.2 Å². The van der Waals surface area contributed by atoms with Gasteiger partial charge in [0.1, 0.15) is 5.75 Å². The number of aromatic hydroxyl groups is 1. The van der Waals surface area contributed by atoms with Gasteiger partial charge in [-0.05, 0) is 43.7 Å². The minimum atomic E-state index is -0.530. The van der Waals surface area contributed by atoms with E-state index < -0.39 is 18.5 Å². The van der Waals surface area contributed by atoms with Crippen molar-refractivity contribution < 1.29 is 28.9 Å². The molecule has 0 unspecified atom stereocenters. The van der Waals surface area contributed by atoms with Crippen molar-refractivity contribution in [2.24, 2.45) is 0 Å². The second-order valence-corrected chi connectivity index (χ2v) is 5.58. The second-order valence-electron chi connectivity index (χ2n) is 5.58. The Morgan fingerprint density at radius 1 is 0.963 bits per heavy atom. The molecule has 0 aliphatic rings. The number of phenols is 1. The van der Waals surface area contributed by atoms with Crippen LogP contribution < -0.4 is 14.8 Å². The van der Waals surface area contributed by atoms with Gasteiger partial charge in [-0.1, -0.05) is 12.1 Å². The molecular weight excluding hydrogens is 350 g/mol. The summed E-state index contributed by atoms with van der Waals surface area (Å²) in [5.74, 6) is 0.255. The van der Waals surface area contributed by atoms with Gasteiger partial charge in [-0.25, -0.2) is 0 Å². The Labute approximate surface area is 157 Å². The van der Waals surface area contributed by atoms with Crippen LogP contribution in [0, 0.1) is 0 Å². The topological polar surface area (TPSA) is 94.1 Å². The first-order valence-corrected chi connectivity index (χ1v) is 8.64. The fourth-order valence-corrected chi connectivity index (χ4v) is 2.30. The number of hydrogen-bond acceptors (Lipinski definition) is 6. The summed E-state index contributed by atoms with van der Waals surface area (Å²) in [6, 6.07) is 11.3. The zero-order chi connectivity index (χ0) is 19.6. The summed E-state index contributed by atoms with van der Waals surface area (Å²) < 4.78 is 16.0. The molecule has 7 nitrogen and oxygen atoms in total. The van der Waals surface area contributed by atoms with Crippen molar-refractivity contribution in [1.29, 1.82) is 0 Å². The predicted molar refractivity (Wildman–Crippen MR) is 100 cm³/mol. The van der Waals surface area contributed by atoms with Crippen molar-refractivity contribution in [1.82, 2.24) is 0 Å². The molecule has 0 atom stereocenters. The number of carbonyl (C=O) groups is 2. The first-order valence-electron chi connectivity index (χ1n) is 8.64. The third kappa shape index (κ3) is 6.54. The molecular formula is C20H23NO6. The van der Waals surface area contributed by atoms with Crippen LogP contribution in [0.4, 0.5) is 5.69 Å². The molecule has 0 heterocycles. The molecule has 2 aromatic carbocycles. The lowest BCUT2D eigenvalue weighted by atomic mass is 10.1. The summed E-state index contributed by atoms with van der Waals surface area (Å²) in [6.07, 6.45) is 0.0190. The first-order chi connectivity index (χ1) is 13.0. The van der Waals surface area contributed by atoms with Crippen LogP contribution in [-0.4, -0.2) is 36.8 Å². The average molecular weight is 373 g/mol. The molecule has 2 aromatic rings. The minimum absolute atomic E-state index is 0.0190. The number of nitrogens with one attached hydrogen (secondary N) is 1. The highest BCUT2D eigenvalue weighted by Crippen LogP contribution is 2.30. The SMILES string of the molecule is CCOc1ccc(NC(=O)COC(=O)Cc2ccc(O)cc2)cc1OCC. The lowest BCUT2D eigenvalue weighted by Crippen LogP contribution is -2.21. The summed E-state index contributed by atoms with van der Waals surface area (Å²) >= 11 is 0. The number of benzene rings is 2. The number of carbonyl (C=O) groups excluding carboxylic acids is 2. The van der Waals surface area contributed by atoms with Gasteiger partial charge in [0.05, 0.1) is 19.6 Å². The van der Waals surface area contributed by atoms with E-state index >= 15 is 0 Å². The van der Waals surface area contributed by atoms with E-state index in [0.717, 1.165) is 0 Å². The van der Waals surface area contributed by atoms with Gasteiger partial charge in [0.2, 0.25) is 0 Å². The van der Waals surface area contributed by atoms with Gasteiger partial charge in [-0.15, -0.1) is 0 Å². The van der Waals surface area contributed by atoms with Crippen molar-refractivity contribution in [2.45, 2.75) is 20.3 Å². The summed E-state index contributed by atoms with van der Waals surface area (Å²) in [6.45, 7) is 4.30. The van der Waals surface area contributed by atoms with Gasteiger partial charge in [-0.2, -0.15) is 0 Å². The van der Waals surface area contributed by atoms with Crippen LogP contribution in [0.5, 0.6) is 17.2 Å². The molecule has 0 aliphatic carbocycles. The normalized spacial score (nSPS) is 10.1. The molecule has 27 heavy (non-hydrogen) atoms. The number of hydrogen-bond donors (Lipinski definition) is 2. The molecule has 0 fully saturated rings. The maximum Gasteiger partial charge on any atom is 0.310 e. The van der Waals surface area contributed by atoms with E-state index in [1.54, 1.807) is 30.3 Å². The second kappa shape index (κ2) is 10.1. The maximum absolute atomic E-state index is 12.0. The third-order valence-corrected chi connectivity index (χ3v) is 3.48. The molecule has 2 N–H and O–H groups in total. The van der Waals surface area contributed by atoms with Gasteiger partial charge in [0.25, 0.3) is 5.91 Å². The van der Waals surface area contributed by atoms with Gasteiger partial charge in [0.15, 0.2) is 18.1 Å². The molecule has 0 bridgehead atoms. The Morgan fingerprint density at radius 2 is 1.63 bits per heavy atom. The minimum Gasteiger partial charge on any atom is -0.508 e. The zero-order valence-electron chi connectivity index (χ0n) is 15.4.